The van der Waals surface area contributed by atoms with Crippen LogP contribution in [-0.2, 0) is 16.4 Å². The Bertz CT molecular complexity index is 546. The van der Waals surface area contributed by atoms with E-state index in [4.69, 9.17) is 0 Å². The van der Waals surface area contributed by atoms with Crippen molar-refractivity contribution in [1.82, 2.24) is 15.1 Å². The van der Waals surface area contributed by atoms with Gasteiger partial charge in [0.1, 0.15) is 0 Å². The van der Waals surface area contributed by atoms with Crippen molar-refractivity contribution in [1.29, 1.82) is 0 Å². The molecule has 0 bridgehead atoms. The SMILES string of the molecule is Cc1c(CNC2CC2)cnn1C1CCS(=O)(=O)C1. The second-order valence-electron chi connectivity index (χ2n) is 5.41. The number of aromatic nitrogens is 2. The molecular weight excluding hydrogens is 250 g/mol. The Morgan fingerprint density at radius 1 is 1.44 bits per heavy atom. The summed E-state index contributed by atoms with van der Waals surface area (Å²) in [7, 11) is -2.84. The Balaban J connectivity index is 1.72. The first-order valence-electron chi connectivity index (χ1n) is 6.52. The van der Waals surface area contributed by atoms with Crippen LogP contribution in [0.5, 0.6) is 0 Å². The zero-order valence-electron chi connectivity index (χ0n) is 10.6. The van der Waals surface area contributed by atoms with Gasteiger partial charge in [-0.15, -0.1) is 0 Å². The van der Waals surface area contributed by atoms with Gasteiger partial charge in [0, 0.05) is 23.8 Å². The van der Waals surface area contributed by atoms with E-state index in [1.54, 1.807) is 0 Å². The van der Waals surface area contributed by atoms with Crippen LogP contribution in [0.3, 0.4) is 0 Å². The molecular formula is C12H19N3O2S. The Labute approximate surface area is 107 Å². The third-order valence-electron chi connectivity index (χ3n) is 3.86. The third-order valence-corrected chi connectivity index (χ3v) is 5.61. The highest BCUT2D eigenvalue weighted by atomic mass is 32.2. The van der Waals surface area contributed by atoms with Crippen LogP contribution in [0.4, 0.5) is 0 Å². The minimum Gasteiger partial charge on any atom is -0.310 e. The van der Waals surface area contributed by atoms with Crippen LogP contribution >= 0.6 is 0 Å². The van der Waals surface area contributed by atoms with Crippen molar-refractivity contribution in [2.75, 3.05) is 11.5 Å². The highest BCUT2D eigenvalue weighted by Gasteiger charge is 2.31. The van der Waals surface area contributed by atoms with Gasteiger partial charge in [-0.1, -0.05) is 0 Å². The Morgan fingerprint density at radius 3 is 2.83 bits per heavy atom. The highest BCUT2D eigenvalue weighted by molar-refractivity contribution is 7.91. The molecule has 2 fully saturated rings. The summed E-state index contributed by atoms with van der Waals surface area (Å²) in [6.45, 7) is 2.87. The monoisotopic (exact) mass is 269 g/mol. The molecule has 1 saturated carbocycles. The molecule has 2 aliphatic rings. The van der Waals surface area contributed by atoms with Crippen LogP contribution in [0.2, 0.25) is 0 Å². The molecule has 1 N–H and O–H groups in total. The van der Waals surface area contributed by atoms with Gasteiger partial charge in [0.2, 0.25) is 0 Å². The van der Waals surface area contributed by atoms with Gasteiger partial charge in [0.05, 0.1) is 23.7 Å². The largest absolute Gasteiger partial charge is 0.310 e. The number of hydrogen-bond acceptors (Lipinski definition) is 4. The van der Waals surface area contributed by atoms with Crippen molar-refractivity contribution in [2.24, 2.45) is 0 Å². The first-order chi connectivity index (χ1) is 8.55. The van der Waals surface area contributed by atoms with Gasteiger partial charge in [-0.05, 0) is 26.2 Å². The van der Waals surface area contributed by atoms with Gasteiger partial charge in [-0.25, -0.2) is 8.42 Å². The summed E-state index contributed by atoms with van der Waals surface area (Å²) in [5.41, 5.74) is 2.29. The fourth-order valence-corrected chi connectivity index (χ4v) is 4.20. The van der Waals surface area contributed by atoms with E-state index in [1.165, 1.54) is 18.4 Å². The summed E-state index contributed by atoms with van der Waals surface area (Å²) in [4.78, 5) is 0. The van der Waals surface area contributed by atoms with Crippen molar-refractivity contribution < 1.29 is 8.42 Å². The Hall–Kier alpha value is -0.880. The van der Waals surface area contributed by atoms with E-state index < -0.39 is 9.84 Å². The predicted molar refractivity (Wildman–Crippen MR) is 69.1 cm³/mol. The van der Waals surface area contributed by atoms with Gasteiger partial charge in [0.15, 0.2) is 9.84 Å². The lowest BCUT2D eigenvalue weighted by Gasteiger charge is -2.11. The molecule has 3 rings (SSSR count). The fourth-order valence-electron chi connectivity index (χ4n) is 2.51. The summed E-state index contributed by atoms with van der Waals surface area (Å²) in [5, 5.41) is 7.84. The summed E-state index contributed by atoms with van der Waals surface area (Å²) in [5.74, 6) is 0.539. The second-order valence-corrected chi connectivity index (χ2v) is 7.64. The van der Waals surface area contributed by atoms with Crippen molar-refractivity contribution in [2.45, 2.75) is 44.8 Å². The summed E-state index contributed by atoms with van der Waals surface area (Å²) < 4.78 is 24.9. The van der Waals surface area contributed by atoms with Crippen molar-refractivity contribution >= 4 is 9.84 Å². The molecule has 0 amide bonds. The van der Waals surface area contributed by atoms with Gasteiger partial charge in [0.25, 0.3) is 0 Å². The molecule has 0 radical (unpaired) electrons. The lowest BCUT2D eigenvalue weighted by molar-refractivity contribution is 0.487. The average molecular weight is 269 g/mol. The predicted octanol–water partition coefficient (Wildman–Crippen LogP) is 0.803. The van der Waals surface area contributed by atoms with E-state index in [0.29, 0.717) is 18.2 Å². The number of rotatable bonds is 4. The molecule has 1 aromatic rings. The van der Waals surface area contributed by atoms with Gasteiger partial charge < -0.3 is 5.32 Å². The molecule has 1 aliphatic carbocycles. The number of nitrogens with zero attached hydrogens (tertiary/aromatic N) is 2. The summed E-state index contributed by atoms with van der Waals surface area (Å²) in [6.07, 6.45) is 5.11. The standard InChI is InChI=1S/C12H19N3O2S/c1-9-10(6-13-11-2-3-11)7-14-15(9)12-4-5-18(16,17)8-12/h7,11-13H,2-6,8H2,1H3. The maximum Gasteiger partial charge on any atom is 0.152 e. The highest BCUT2D eigenvalue weighted by Crippen LogP contribution is 2.26. The first-order valence-corrected chi connectivity index (χ1v) is 8.34. The quantitative estimate of drug-likeness (QED) is 0.878. The minimum atomic E-state index is -2.84. The zero-order valence-corrected chi connectivity index (χ0v) is 11.4. The molecule has 6 heteroatoms. The maximum absolute atomic E-state index is 11.5. The lowest BCUT2D eigenvalue weighted by Crippen LogP contribution is -2.17. The normalized spacial score (nSPS) is 26.6. The van der Waals surface area contributed by atoms with E-state index in [-0.39, 0.29) is 11.8 Å². The molecule has 2 heterocycles. The minimum absolute atomic E-state index is 0.0321. The van der Waals surface area contributed by atoms with Crippen LogP contribution in [0.1, 0.15) is 36.6 Å². The molecule has 18 heavy (non-hydrogen) atoms. The van der Waals surface area contributed by atoms with Gasteiger partial charge >= 0.3 is 0 Å². The molecule has 1 aromatic heterocycles. The van der Waals surface area contributed by atoms with Crippen LogP contribution < -0.4 is 5.32 Å². The Kier molecular flexibility index (Phi) is 2.94. The van der Waals surface area contributed by atoms with E-state index in [9.17, 15) is 8.42 Å². The van der Waals surface area contributed by atoms with E-state index in [2.05, 4.69) is 10.4 Å². The van der Waals surface area contributed by atoms with Gasteiger partial charge in [-0.3, -0.25) is 4.68 Å². The van der Waals surface area contributed by atoms with Crippen molar-refractivity contribution in [3.8, 4) is 0 Å². The average Bonchev–Trinajstić information content (AvgIpc) is 2.98. The first kappa shape index (κ1) is 12.2. The van der Waals surface area contributed by atoms with Crippen LogP contribution in [0.25, 0.3) is 0 Å². The summed E-state index contributed by atoms with van der Waals surface area (Å²) in [6, 6.07) is 0.712. The number of nitrogens with one attached hydrogen (secondary N) is 1. The fraction of sp³-hybridized carbons (Fsp3) is 0.750. The van der Waals surface area contributed by atoms with Crippen LogP contribution in [-0.4, -0.2) is 35.7 Å². The zero-order chi connectivity index (χ0) is 12.8. The van der Waals surface area contributed by atoms with Crippen LogP contribution in [0, 0.1) is 6.92 Å². The van der Waals surface area contributed by atoms with E-state index >= 15 is 0 Å². The summed E-state index contributed by atoms with van der Waals surface area (Å²) >= 11 is 0. The molecule has 1 unspecified atom stereocenters. The molecule has 1 saturated heterocycles. The Morgan fingerprint density at radius 2 is 2.22 bits per heavy atom. The number of hydrogen-bond donors (Lipinski definition) is 1. The number of sulfone groups is 1. The smallest absolute Gasteiger partial charge is 0.152 e. The molecule has 0 aromatic carbocycles. The maximum atomic E-state index is 11.5. The van der Waals surface area contributed by atoms with E-state index in [1.807, 2.05) is 17.8 Å². The topological polar surface area (TPSA) is 64.0 Å². The third kappa shape index (κ3) is 2.44. The van der Waals surface area contributed by atoms with Gasteiger partial charge in [-0.2, -0.15) is 5.10 Å². The van der Waals surface area contributed by atoms with Crippen molar-refractivity contribution in [3.05, 3.63) is 17.5 Å². The van der Waals surface area contributed by atoms with Crippen molar-refractivity contribution in [3.63, 3.8) is 0 Å². The molecule has 100 valence electrons. The second kappa shape index (κ2) is 4.35. The molecule has 1 atom stereocenters. The van der Waals surface area contributed by atoms with E-state index in [0.717, 1.165) is 12.2 Å². The molecule has 5 nitrogen and oxygen atoms in total. The van der Waals surface area contributed by atoms with Crippen LogP contribution in [0.15, 0.2) is 6.20 Å². The molecule has 1 aliphatic heterocycles. The lowest BCUT2D eigenvalue weighted by atomic mass is 10.2. The molecule has 0 spiro atoms.